The number of ether oxygens (including phenoxy) is 1. The summed E-state index contributed by atoms with van der Waals surface area (Å²) in [6.07, 6.45) is 2.36. The van der Waals surface area contributed by atoms with E-state index in [0.29, 0.717) is 6.42 Å². The maximum atomic E-state index is 13.8. The first-order chi connectivity index (χ1) is 7.61. The van der Waals surface area contributed by atoms with Crippen molar-refractivity contribution in [2.24, 2.45) is 5.73 Å². The van der Waals surface area contributed by atoms with E-state index in [9.17, 15) is 8.78 Å². The van der Waals surface area contributed by atoms with E-state index in [1.807, 2.05) is 6.92 Å². The molecule has 1 aromatic carbocycles. The lowest BCUT2D eigenvalue weighted by Crippen LogP contribution is -2.14. The van der Waals surface area contributed by atoms with Gasteiger partial charge >= 0.3 is 0 Å². The van der Waals surface area contributed by atoms with E-state index < -0.39 is 17.7 Å². The van der Waals surface area contributed by atoms with Crippen LogP contribution >= 0.6 is 12.4 Å². The number of rotatable bonds is 5. The van der Waals surface area contributed by atoms with E-state index in [-0.39, 0.29) is 23.7 Å². The molecule has 0 fully saturated rings. The topological polar surface area (TPSA) is 35.2 Å². The number of unbranched alkanes of at least 4 members (excludes halogenated alkanes) is 1. The molecule has 0 amide bonds. The summed E-state index contributed by atoms with van der Waals surface area (Å²) < 4.78 is 32.0. The molecule has 0 radical (unpaired) electrons. The minimum atomic E-state index is -0.689. The minimum absolute atomic E-state index is 0. The highest BCUT2D eigenvalue weighted by molar-refractivity contribution is 5.85. The molecular weight excluding hydrogens is 248 g/mol. The molecule has 2 nitrogen and oxygen atoms in total. The molecule has 5 heteroatoms. The van der Waals surface area contributed by atoms with Crippen LogP contribution in [0.3, 0.4) is 0 Å². The van der Waals surface area contributed by atoms with Crippen LogP contribution in [0.15, 0.2) is 12.1 Å². The summed E-state index contributed by atoms with van der Waals surface area (Å²) in [5.74, 6) is -1.27. The van der Waals surface area contributed by atoms with Gasteiger partial charge in [-0.15, -0.1) is 12.4 Å². The standard InChI is InChI=1S/C12H17F2NO.ClH/c1-3-4-5-9(15)11-8(13)6-7-10(16-2)12(11)14;/h6-7,9H,3-5,15H2,1-2H3;1H/t9-;/m0./s1. The Kier molecular flexibility index (Phi) is 7.07. The van der Waals surface area contributed by atoms with Gasteiger partial charge in [0.25, 0.3) is 0 Å². The highest BCUT2D eigenvalue weighted by Crippen LogP contribution is 2.28. The number of hydrogen-bond donors (Lipinski definition) is 1. The van der Waals surface area contributed by atoms with Crippen LogP contribution in [0.2, 0.25) is 0 Å². The number of nitrogens with two attached hydrogens (primary N) is 1. The number of benzene rings is 1. The summed E-state index contributed by atoms with van der Waals surface area (Å²) in [6, 6.07) is 1.83. The molecule has 1 rings (SSSR count). The molecule has 0 saturated carbocycles. The van der Waals surface area contributed by atoms with Gasteiger partial charge in [-0.1, -0.05) is 19.8 Å². The monoisotopic (exact) mass is 265 g/mol. The van der Waals surface area contributed by atoms with Crippen molar-refractivity contribution in [3.8, 4) is 5.75 Å². The summed E-state index contributed by atoms with van der Waals surface area (Å²) >= 11 is 0. The van der Waals surface area contributed by atoms with Crippen molar-refractivity contribution in [3.63, 3.8) is 0 Å². The lowest BCUT2D eigenvalue weighted by atomic mass is 10.0. The van der Waals surface area contributed by atoms with Gasteiger partial charge < -0.3 is 10.5 Å². The summed E-state index contributed by atoms with van der Waals surface area (Å²) in [6.45, 7) is 2.00. The summed E-state index contributed by atoms with van der Waals surface area (Å²) in [4.78, 5) is 0. The van der Waals surface area contributed by atoms with Gasteiger partial charge in [0.2, 0.25) is 0 Å². The van der Waals surface area contributed by atoms with Gasteiger partial charge in [-0.2, -0.15) is 0 Å². The van der Waals surface area contributed by atoms with E-state index in [1.54, 1.807) is 0 Å². The summed E-state index contributed by atoms with van der Waals surface area (Å²) in [5.41, 5.74) is 5.69. The number of hydrogen-bond acceptors (Lipinski definition) is 2. The third-order valence-electron chi connectivity index (χ3n) is 2.55. The SMILES string of the molecule is CCCC[C@H](N)c1c(F)ccc(OC)c1F.Cl. The second kappa shape index (κ2) is 7.45. The zero-order chi connectivity index (χ0) is 12.1. The maximum Gasteiger partial charge on any atom is 0.172 e. The molecular formula is C12H18ClF2NO. The molecule has 2 N–H and O–H groups in total. The van der Waals surface area contributed by atoms with Crippen LogP contribution in [-0.4, -0.2) is 7.11 Å². The van der Waals surface area contributed by atoms with Gasteiger partial charge in [0.1, 0.15) is 5.82 Å². The molecule has 0 aliphatic heterocycles. The Labute approximate surface area is 107 Å². The Balaban J connectivity index is 0.00000256. The van der Waals surface area contributed by atoms with Crippen LogP contribution in [0.5, 0.6) is 5.75 Å². The molecule has 1 atom stereocenters. The quantitative estimate of drug-likeness (QED) is 0.883. The van der Waals surface area contributed by atoms with Gasteiger partial charge in [0.15, 0.2) is 11.6 Å². The van der Waals surface area contributed by atoms with Gasteiger partial charge in [-0.05, 0) is 18.6 Å². The van der Waals surface area contributed by atoms with Crippen molar-refractivity contribution >= 4 is 12.4 Å². The first-order valence-electron chi connectivity index (χ1n) is 5.39. The molecule has 0 bridgehead atoms. The Morgan fingerprint density at radius 1 is 1.35 bits per heavy atom. The van der Waals surface area contributed by atoms with Gasteiger partial charge in [0.05, 0.1) is 7.11 Å². The third kappa shape index (κ3) is 3.82. The molecule has 0 aliphatic rings. The van der Waals surface area contributed by atoms with Crippen LogP contribution in [0.4, 0.5) is 8.78 Å². The lowest BCUT2D eigenvalue weighted by Gasteiger charge is -2.15. The van der Waals surface area contributed by atoms with Crippen molar-refractivity contribution in [1.82, 2.24) is 0 Å². The summed E-state index contributed by atoms with van der Waals surface area (Å²) in [7, 11) is 1.34. The van der Waals surface area contributed by atoms with E-state index >= 15 is 0 Å². The fourth-order valence-corrected chi connectivity index (χ4v) is 1.62. The highest BCUT2D eigenvalue weighted by atomic mass is 35.5. The van der Waals surface area contributed by atoms with Crippen molar-refractivity contribution in [1.29, 1.82) is 0 Å². The van der Waals surface area contributed by atoms with Crippen LogP contribution in [0, 0.1) is 11.6 Å². The van der Waals surface area contributed by atoms with Crippen LogP contribution in [0.25, 0.3) is 0 Å². The second-order valence-corrected chi connectivity index (χ2v) is 3.73. The van der Waals surface area contributed by atoms with Crippen molar-refractivity contribution in [3.05, 3.63) is 29.3 Å². The lowest BCUT2D eigenvalue weighted by molar-refractivity contribution is 0.376. The summed E-state index contributed by atoms with van der Waals surface area (Å²) in [5, 5.41) is 0. The molecule has 0 unspecified atom stereocenters. The smallest absolute Gasteiger partial charge is 0.172 e. The predicted molar refractivity (Wildman–Crippen MR) is 66.6 cm³/mol. The maximum absolute atomic E-state index is 13.8. The zero-order valence-electron chi connectivity index (χ0n) is 10.0. The van der Waals surface area contributed by atoms with Gasteiger partial charge in [0, 0.05) is 11.6 Å². The Morgan fingerprint density at radius 3 is 2.53 bits per heavy atom. The van der Waals surface area contributed by atoms with E-state index in [2.05, 4.69) is 0 Å². The van der Waals surface area contributed by atoms with E-state index in [4.69, 9.17) is 10.5 Å². The van der Waals surface area contributed by atoms with Crippen molar-refractivity contribution in [2.75, 3.05) is 7.11 Å². The van der Waals surface area contributed by atoms with Crippen LogP contribution in [-0.2, 0) is 0 Å². The number of methoxy groups -OCH3 is 1. The normalized spacial score (nSPS) is 11.8. The minimum Gasteiger partial charge on any atom is -0.494 e. The average Bonchev–Trinajstić information content (AvgIpc) is 2.26. The average molecular weight is 266 g/mol. The molecule has 0 aliphatic carbocycles. The molecule has 0 aromatic heterocycles. The molecule has 0 heterocycles. The van der Waals surface area contributed by atoms with Crippen molar-refractivity contribution < 1.29 is 13.5 Å². The largest absolute Gasteiger partial charge is 0.494 e. The predicted octanol–water partition coefficient (Wildman–Crippen LogP) is 3.59. The third-order valence-corrected chi connectivity index (χ3v) is 2.55. The zero-order valence-corrected chi connectivity index (χ0v) is 10.8. The fraction of sp³-hybridized carbons (Fsp3) is 0.500. The molecule has 98 valence electrons. The number of halogens is 3. The first kappa shape index (κ1) is 16.1. The highest BCUT2D eigenvalue weighted by Gasteiger charge is 2.19. The molecule has 0 saturated heterocycles. The Morgan fingerprint density at radius 2 is 2.00 bits per heavy atom. The molecule has 17 heavy (non-hydrogen) atoms. The second-order valence-electron chi connectivity index (χ2n) is 3.73. The Hall–Kier alpha value is -0.870. The molecule has 1 aromatic rings. The van der Waals surface area contributed by atoms with E-state index in [1.165, 1.54) is 19.2 Å². The van der Waals surface area contributed by atoms with Gasteiger partial charge in [-0.3, -0.25) is 0 Å². The van der Waals surface area contributed by atoms with E-state index in [0.717, 1.165) is 12.8 Å². The first-order valence-corrected chi connectivity index (χ1v) is 5.39. The fourth-order valence-electron chi connectivity index (χ4n) is 1.62. The van der Waals surface area contributed by atoms with Crippen molar-refractivity contribution in [2.45, 2.75) is 32.2 Å². The van der Waals surface area contributed by atoms with Crippen LogP contribution < -0.4 is 10.5 Å². The molecule has 0 spiro atoms. The van der Waals surface area contributed by atoms with Crippen LogP contribution in [0.1, 0.15) is 37.8 Å². The van der Waals surface area contributed by atoms with Gasteiger partial charge in [-0.25, -0.2) is 8.78 Å². The Bertz CT molecular complexity index is 361.